The Labute approximate surface area is 93.1 Å². The van der Waals surface area contributed by atoms with Crippen molar-refractivity contribution in [2.24, 2.45) is 0 Å². The van der Waals surface area contributed by atoms with Crippen molar-refractivity contribution in [2.45, 2.75) is 13.5 Å². The van der Waals surface area contributed by atoms with Crippen LogP contribution in [0.5, 0.6) is 0 Å². The number of carboxylic acid groups (broad SMARTS) is 1. The molecule has 0 aliphatic heterocycles. The Morgan fingerprint density at radius 3 is 2.62 bits per heavy atom. The van der Waals surface area contributed by atoms with E-state index in [4.69, 9.17) is 5.11 Å². The summed E-state index contributed by atoms with van der Waals surface area (Å²) in [5.74, 6) is -0.890. The third-order valence-corrected chi connectivity index (χ3v) is 2.29. The van der Waals surface area contributed by atoms with Crippen molar-refractivity contribution in [3.63, 3.8) is 0 Å². The summed E-state index contributed by atoms with van der Waals surface area (Å²) < 4.78 is 1.41. The first-order chi connectivity index (χ1) is 7.65. The monoisotopic (exact) mass is 216 g/mol. The van der Waals surface area contributed by atoms with Gasteiger partial charge in [0.05, 0.1) is 5.69 Å². The fourth-order valence-electron chi connectivity index (χ4n) is 1.47. The van der Waals surface area contributed by atoms with Crippen LogP contribution >= 0.6 is 0 Å². The van der Waals surface area contributed by atoms with Crippen molar-refractivity contribution < 1.29 is 9.90 Å². The normalized spacial score (nSPS) is 10.3. The highest BCUT2D eigenvalue weighted by molar-refractivity contribution is 5.66. The number of hydrogen-bond acceptors (Lipinski definition) is 2. The predicted molar refractivity (Wildman–Crippen MR) is 60.0 cm³/mol. The lowest BCUT2D eigenvalue weighted by atomic mass is 10.1. The van der Waals surface area contributed by atoms with E-state index in [1.807, 2.05) is 37.3 Å². The van der Waals surface area contributed by atoms with Gasteiger partial charge < -0.3 is 5.11 Å². The van der Waals surface area contributed by atoms with E-state index in [0.717, 1.165) is 11.3 Å². The van der Waals surface area contributed by atoms with Gasteiger partial charge in [0.1, 0.15) is 6.54 Å². The van der Waals surface area contributed by atoms with E-state index in [1.165, 1.54) is 10.2 Å². The van der Waals surface area contributed by atoms with Gasteiger partial charge in [0, 0.05) is 11.8 Å². The van der Waals surface area contributed by atoms with Crippen LogP contribution in [0.3, 0.4) is 0 Å². The van der Waals surface area contributed by atoms with E-state index in [2.05, 4.69) is 5.10 Å². The van der Waals surface area contributed by atoms with Crippen LogP contribution in [0.25, 0.3) is 11.3 Å². The minimum Gasteiger partial charge on any atom is -0.480 e. The highest BCUT2D eigenvalue weighted by Crippen LogP contribution is 2.17. The summed E-state index contributed by atoms with van der Waals surface area (Å²) in [5, 5.41) is 12.8. The lowest BCUT2D eigenvalue weighted by Gasteiger charge is -1.98. The third kappa shape index (κ3) is 2.28. The number of aliphatic carboxylic acids is 1. The van der Waals surface area contributed by atoms with Gasteiger partial charge in [-0.3, -0.25) is 9.48 Å². The Kier molecular flexibility index (Phi) is 2.72. The van der Waals surface area contributed by atoms with Crippen molar-refractivity contribution in [2.75, 3.05) is 0 Å². The fraction of sp³-hybridized carbons (Fsp3) is 0.167. The number of carboxylic acids is 1. The fourth-order valence-corrected chi connectivity index (χ4v) is 1.47. The number of hydrogen-bond donors (Lipinski definition) is 1. The molecule has 0 amide bonds. The second-order valence-electron chi connectivity index (χ2n) is 3.66. The van der Waals surface area contributed by atoms with E-state index >= 15 is 0 Å². The van der Waals surface area contributed by atoms with Gasteiger partial charge in [-0.2, -0.15) is 5.10 Å². The topological polar surface area (TPSA) is 55.1 Å². The van der Waals surface area contributed by atoms with E-state index < -0.39 is 5.97 Å². The minimum absolute atomic E-state index is 0.105. The van der Waals surface area contributed by atoms with Gasteiger partial charge in [-0.15, -0.1) is 0 Å². The number of nitrogens with zero attached hydrogens (tertiary/aromatic N) is 2. The molecule has 0 saturated carbocycles. The Morgan fingerprint density at radius 2 is 2.00 bits per heavy atom. The maximum atomic E-state index is 10.5. The zero-order valence-electron chi connectivity index (χ0n) is 8.92. The Balaban J connectivity index is 2.24. The summed E-state index contributed by atoms with van der Waals surface area (Å²) in [4.78, 5) is 10.5. The summed E-state index contributed by atoms with van der Waals surface area (Å²) in [5.41, 5.74) is 2.98. The molecule has 2 aromatic rings. The smallest absolute Gasteiger partial charge is 0.325 e. The maximum absolute atomic E-state index is 10.5. The summed E-state index contributed by atoms with van der Waals surface area (Å²) in [6.07, 6.45) is 1.67. The molecule has 1 aromatic carbocycles. The van der Waals surface area contributed by atoms with Crippen LogP contribution in [0, 0.1) is 6.92 Å². The highest BCUT2D eigenvalue weighted by Gasteiger charge is 2.04. The van der Waals surface area contributed by atoms with Crippen LogP contribution < -0.4 is 0 Å². The molecule has 1 N–H and O–H groups in total. The minimum atomic E-state index is -0.890. The third-order valence-electron chi connectivity index (χ3n) is 2.29. The Bertz CT molecular complexity index is 500. The molecule has 82 valence electrons. The summed E-state index contributed by atoms with van der Waals surface area (Å²) in [6.45, 7) is 1.92. The van der Waals surface area contributed by atoms with Crippen LogP contribution in [-0.2, 0) is 11.3 Å². The number of carbonyl (C=O) groups is 1. The number of benzene rings is 1. The molecular formula is C12H12N2O2. The van der Waals surface area contributed by atoms with Crippen molar-refractivity contribution in [3.8, 4) is 11.3 Å². The van der Waals surface area contributed by atoms with Crippen LogP contribution in [0.4, 0.5) is 0 Å². The molecule has 0 spiro atoms. The molecule has 4 heteroatoms. The maximum Gasteiger partial charge on any atom is 0.325 e. The largest absolute Gasteiger partial charge is 0.480 e. The first-order valence-electron chi connectivity index (χ1n) is 4.97. The van der Waals surface area contributed by atoms with Gasteiger partial charge in [0.2, 0.25) is 0 Å². The standard InChI is InChI=1S/C12H12N2O2/c1-9-2-4-10(5-3-9)11-6-7-14(13-11)8-12(15)16/h2-7H,8H2,1H3,(H,15,16). The molecule has 1 aromatic heterocycles. The van der Waals surface area contributed by atoms with Gasteiger partial charge in [-0.1, -0.05) is 29.8 Å². The molecular weight excluding hydrogens is 204 g/mol. The summed E-state index contributed by atoms with van der Waals surface area (Å²) >= 11 is 0. The second-order valence-corrected chi connectivity index (χ2v) is 3.66. The van der Waals surface area contributed by atoms with Gasteiger partial charge in [-0.05, 0) is 13.0 Å². The average molecular weight is 216 g/mol. The number of rotatable bonds is 3. The molecule has 4 nitrogen and oxygen atoms in total. The molecule has 1 heterocycles. The van der Waals surface area contributed by atoms with E-state index in [9.17, 15) is 4.79 Å². The van der Waals surface area contributed by atoms with Crippen LogP contribution in [0.1, 0.15) is 5.56 Å². The second kappa shape index (κ2) is 4.18. The van der Waals surface area contributed by atoms with Crippen molar-refractivity contribution in [1.82, 2.24) is 9.78 Å². The van der Waals surface area contributed by atoms with E-state index in [0.29, 0.717) is 0 Å². The molecule has 0 aliphatic rings. The van der Waals surface area contributed by atoms with Gasteiger partial charge in [0.15, 0.2) is 0 Å². The first-order valence-corrected chi connectivity index (χ1v) is 4.97. The quantitative estimate of drug-likeness (QED) is 0.853. The molecule has 0 fully saturated rings. The number of aromatic nitrogens is 2. The zero-order valence-corrected chi connectivity index (χ0v) is 8.92. The summed E-state index contributed by atoms with van der Waals surface area (Å²) in [7, 11) is 0. The van der Waals surface area contributed by atoms with Gasteiger partial charge in [0.25, 0.3) is 0 Å². The van der Waals surface area contributed by atoms with E-state index in [1.54, 1.807) is 6.20 Å². The molecule has 0 unspecified atom stereocenters. The van der Waals surface area contributed by atoms with E-state index in [-0.39, 0.29) is 6.54 Å². The van der Waals surface area contributed by atoms with Crippen molar-refractivity contribution in [1.29, 1.82) is 0 Å². The molecule has 2 rings (SSSR count). The number of aryl methyl sites for hydroxylation is 1. The van der Waals surface area contributed by atoms with Crippen molar-refractivity contribution >= 4 is 5.97 Å². The first kappa shape index (κ1) is 10.4. The molecule has 16 heavy (non-hydrogen) atoms. The SMILES string of the molecule is Cc1ccc(-c2ccn(CC(=O)O)n2)cc1. The van der Waals surface area contributed by atoms with Crippen LogP contribution in [0.15, 0.2) is 36.5 Å². The Hall–Kier alpha value is -2.10. The molecule has 0 bridgehead atoms. The lowest BCUT2D eigenvalue weighted by molar-refractivity contribution is -0.137. The molecule has 0 saturated heterocycles. The van der Waals surface area contributed by atoms with Gasteiger partial charge in [-0.25, -0.2) is 0 Å². The zero-order chi connectivity index (χ0) is 11.5. The molecule has 0 radical (unpaired) electrons. The molecule has 0 aliphatic carbocycles. The predicted octanol–water partition coefficient (Wildman–Crippen LogP) is 1.94. The Morgan fingerprint density at radius 1 is 1.31 bits per heavy atom. The van der Waals surface area contributed by atoms with Crippen LogP contribution in [0.2, 0.25) is 0 Å². The lowest BCUT2D eigenvalue weighted by Crippen LogP contribution is -2.08. The average Bonchev–Trinajstić information content (AvgIpc) is 2.66. The van der Waals surface area contributed by atoms with Crippen molar-refractivity contribution in [3.05, 3.63) is 42.1 Å². The highest BCUT2D eigenvalue weighted by atomic mass is 16.4. The molecule has 0 atom stereocenters. The van der Waals surface area contributed by atoms with Gasteiger partial charge >= 0.3 is 5.97 Å². The van der Waals surface area contributed by atoms with Crippen LogP contribution in [-0.4, -0.2) is 20.9 Å². The summed E-state index contributed by atoms with van der Waals surface area (Å²) in [6, 6.07) is 9.77.